The molecule has 4 heteroatoms. The van der Waals surface area contributed by atoms with Crippen LogP contribution in [0.25, 0.3) is 0 Å². The maximum atomic E-state index is 3.66. The maximum absolute atomic E-state index is 3.66. The molecule has 1 atom stereocenters. The summed E-state index contributed by atoms with van der Waals surface area (Å²) in [5, 5.41) is 3.59. The van der Waals surface area contributed by atoms with Crippen molar-refractivity contribution in [3.05, 3.63) is 19.2 Å². The van der Waals surface area contributed by atoms with Crippen LogP contribution in [-0.4, -0.2) is 6.54 Å². The summed E-state index contributed by atoms with van der Waals surface area (Å²) >= 11 is 8.98. The Hall–Kier alpha value is 0.620. The molecule has 0 aliphatic heterocycles. The number of halogens is 2. The maximum Gasteiger partial charge on any atom is 0.0758 e. The van der Waals surface area contributed by atoms with Gasteiger partial charge in [-0.05, 0) is 68.8 Å². The first-order valence-electron chi connectivity index (χ1n) is 5.88. The van der Waals surface area contributed by atoms with Crippen LogP contribution >= 0.6 is 43.2 Å². The van der Waals surface area contributed by atoms with Crippen LogP contribution in [0.5, 0.6) is 0 Å². The second kappa shape index (κ2) is 5.98. The summed E-state index contributed by atoms with van der Waals surface area (Å²) in [5.74, 6) is 1.02. The highest BCUT2D eigenvalue weighted by molar-refractivity contribution is 9.12. The van der Waals surface area contributed by atoms with Crippen LogP contribution in [-0.2, 0) is 0 Å². The third-order valence-electron chi connectivity index (χ3n) is 3.07. The van der Waals surface area contributed by atoms with Crippen LogP contribution in [0.2, 0.25) is 0 Å². The van der Waals surface area contributed by atoms with Crippen molar-refractivity contribution in [1.29, 1.82) is 0 Å². The fourth-order valence-electron chi connectivity index (χ4n) is 2.01. The first-order chi connectivity index (χ1) is 7.70. The van der Waals surface area contributed by atoms with Gasteiger partial charge in [0.15, 0.2) is 0 Å². The van der Waals surface area contributed by atoms with E-state index in [4.69, 9.17) is 0 Å². The molecule has 1 aliphatic carbocycles. The zero-order chi connectivity index (χ0) is 11.5. The summed E-state index contributed by atoms with van der Waals surface area (Å²) in [4.78, 5) is 0. The summed E-state index contributed by atoms with van der Waals surface area (Å²) in [6.45, 7) is 3.22. The van der Waals surface area contributed by atoms with Crippen molar-refractivity contribution in [3.8, 4) is 0 Å². The summed E-state index contributed by atoms with van der Waals surface area (Å²) in [6, 6.07) is 2.76. The Morgan fingerprint density at radius 3 is 2.75 bits per heavy atom. The highest BCUT2D eigenvalue weighted by Crippen LogP contribution is 2.40. The van der Waals surface area contributed by atoms with E-state index < -0.39 is 0 Å². The molecule has 0 radical (unpaired) electrons. The Morgan fingerprint density at radius 1 is 1.50 bits per heavy atom. The van der Waals surface area contributed by atoms with E-state index in [-0.39, 0.29) is 0 Å². The molecule has 1 aromatic rings. The monoisotopic (exact) mass is 365 g/mol. The molecule has 1 fully saturated rings. The van der Waals surface area contributed by atoms with E-state index in [1.165, 1.54) is 38.8 Å². The highest BCUT2D eigenvalue weighted by Gasteiger charge is 2.24. The fourth-order valence-corrected chi connectivity index (χ4v) is 4.99. The van der Waals surface area contributed by atoms with Crippen LogP contribution < -0.4 is 5.32 Å². The van der Waals surface area contributed by atoms with Gasteiger partial charge in [0.1, 0.15) is 0 Å². The van der Waals surface area contributed by atoms with Crippen LogP contribution in [0.3, 0.4) is 0 Å². The predicted octanol–water partition coefficient (Wildman–Crippen LogP) is 5.11. The second-order valence-electron chi connectivity index (χ2n) is 4.41. The summed E-state index contributed by atoms with van der Waals surface area (Å²) in [7, 11) is 0. The molecule has 1 saturated carbocycles. The van der Waals surface area contributed by atoms with E-state index in [1.807, 2.05) is 0 Å². The molecule has 1 nitrogen and oxygen atoms in total. The quantitative estimate of drug-likeness (QED) is 0.737. The van der Waals surface area contributed by atoms with E-state index in [0.29, 0.717) is 6.04 Å². The lowest BCUT2D eigenvalue weighted by molar-refractivity contribution is 0.481. The van der Waals surface area contributed by atoms with Crippen molar-refractivity contribution in [1.82, 2.24) is 5.32 Å². The zero-order valence-corrected chi connectivity index (χ0v) is 13.4. The van der Waals surface area contributed by atoms with Crippen molar-refractivity contribution in [2.45, 2.75) is 38.6 Å². The molecule has 0 amide bonds. The average molecular weight is 367 g/mol. The molecule has 0 bridgehead atoms. The largest absolute Gasteiger partial charge is 0.310 e. The van der Waals surface area contributed by atoms with Gasteiger partial charge >= 0.3 is 0 Å². The topological polar surface area (TPSA) is 12.0 Å². The molecule has 0 aromatic carbocycles. The van der Waals surface area contributed by atoms with Crippen molar-refractivity contribution < 1.29 is 0 Å². The number of hydrogen-bond acceptors (Lipinski definition) is 2. The van der Waals surface area contributed by atoms with E-state index >= 15 is 0 Å². The normalized spacial score (nSPS) is 17.7. The lowest BCUT2D eigenvalue weighted by Gasteiger charge is -2.17. The van der Waals surface area contributed by atoms with Gasteiger partial charge in [0, 0.05) is 6.04 Å². The highest BCUT2D eigenvalue weighted by atomic mass is 79.9. The first kappa shape index (κ1) is 13.1. The van der Waals surface area contributed by atoms with Crippen molar-refractivity contribution in [2.24, 2.45) is 5.92 Å². The number of thiophene rings is 1. The van der Waals surface area contributed by atoms with Gasteiger partial charge in [-0.25, -0.2) is 0 Å². The lowest BCUT2D eigenvalue weighted by Crippen LogP contribution is -2.20. The van der Waals surface area contributed by atoms with Gasteiger partial charge < -0.3 is 5.32 Å². The molecule has 90 valence electrons. The molecule has 16 heavy (non-hydrogen) atoms. The van der Waals surface area contributed by atoms with E-state index in [0.717, 1.165) is 12.5 Å². The van der Waals surface area contributed by atoms with E-state index in [1.54, 1.807) is 11.3 Å². The molecular formula is C12H17Br2NS. The molecule has 0 saturated heterocycles. The second-order valence-corrected chi connectivity index (χ2v) is 8.16. The van der Waals surface area contributed by atoms with Crippen LogP contribution in [0.15, 0.2) is 13.6 Å². The Kier molecular flexibility index (Phi) is 4.89. The van der Waals surface area contributed by atoms with Crippen molar-refractivity contribution >= 4 is 43.2 Å². The van der Waals surface area contributed by atoms with E-state index in [2.05, 4.69) is 50.2 Å². The van der Waals surface area contributed by atoms with Gasteiger partial charge in [0.25, 0.3) is 0 Å². The van der Waals surface area contributed by atoms with Gasteiger partial charge in [-0.15, -0.1) is 11.3 Å². The molecule has 1 unspecified atom stereocenters. The minimum absolute atomic E-state index is 0.516. The summed E-state index contributed by atoms with van der Waals surface area (Å²) in [6.07, 6.45) is 5.54. The van der Waals surface area contributed by atoms with Gasteiger partial charge in [-0.3, -0.25) is 0 Å². The minimum Gasteiger partial charge on any atom is -0.310 e. The average Bonchev–Trinajstić information content (AvgIpc) is 2.99. The first-order valence-corrected chi connectivity index (χ1v) is 8.29. The van der Waals surface area contributed by atoms with E-state index in [9.17, 15) is 0 Å². The molecule has 1 aromatic heterocycles. The summed E-state index contributed by atoms with van der Waals surface area (Å²) < 4.78 is 2.48. The molecule has 0 spiro atoms. The molecule has 2 rings (SSSR count). The van der Waals surface area contributed by atoms with Gasteiger partial charge in [0.2, 0.25) is 0 Å². The molecule has 1 N–H and O–H groups in total. The molecule has 1 heterocycles. The van der Waals surface area contributed by atoms with Crippen LogP contribution in [0, 0.1) is 5.92 Å². The smallest absolute Gasteiger partial charge is 0.0758 e. The Morgan fingerprint density at radius 2 is 2.25 bits per heavy atom. The lowest BCUT2D eigenvalue weighted by atomic mass is 10.0. The number of rotatable bonds is 6. The fraction of sp³-hybridized carbons (Fsp3) is 0.667. The third-order valence-corrected chi connectivity index (χ3v) is 5.46. The SMILES string of the molecule is CCNC(CCC1CC1)c1cc(Br)sc1Br. The number of hydrogen-bond donors (Lipinski definition) is 1. The summed E-state index contributed by atoms with van der Waals surface area (Å²) in [5.41, 5.74) is 1.42. The Balaban J connectivity index is 2.01. The van der Waals surface area contributed by atoms with Crippen molar-refractivity contribution in [3.63, 3.8) is 0 Å². The third kappa shape index (κ3) is 3.56. The zero-order valence-electron chi connectivity index (χ0n) is 9.43. The Bertz CT molecular complexity index is 347. The molecular weight excluding hydrogens is 350 g/mol. The minimum atomic E-state index is 0.516. The standard InChI is InChI=1S/C12H17Br2NS/c1-2-15-10(6-5-8-3-4-8)9-7-11(13)16-12(9)14/h7-8,10,15H,2-6H2,1H3. The Labute approximate surface area is 118 Å². The van der Waals surface area contributed by atoms with Gasteiger partial charge in [-0.2, -0.15) is 0 Å². The molecule has 1 aliphatic rings. The van der Waals surface area contributed by atoms with Crippen molar-refractivity contribution in [2.75, 3.05) is 6.54 Å². The van der Waals surface area contributed by atoms with Crippen LogP contribution in [0.4, 0.5) is 0 Å². The number of nitrogens with one attached hydrogen (secondary N) is 1. The predicted molar refractivity (Wildman–Crippen MR) is 78.1 cm³/mol. The van der Waals surface area contributed by atoms with Crippen LogP contribution in [0.1, 0.15) is 44.2 Å². The van der Waals surface area contributed by atoms with Gasteiger partial charge in [-0.1, -0.05) is 19.8 Å². The van der Waals surface area contributed by atoms with Gasteiger partial charge in [0.05, 0.1) is 7.57 Å².